The molecule has 0 bridgehead atoms. The van der Waals surface area contributed by atoms with Gasteiger partial charge in [-0.15, -0.1) is 0 Å². The number of hydrogen-bond donors (Lipinski definition) is 2. The van der Waals surface area contributed by atoms with E-state index in [0.717, 1.165) is 5.56 Å². The van der Waals surface area contributed by atoms with Gasteiger partial charge in [-0.3, -0.25) is 5.10 Å². The molecule has 0 aliphatic rings. The van der Waals surface area contributed by atoms with Crippen molar-refractivity contribution in [3.63, 3.8) is 0 Å². The van der Waals surface area contributed by atoms with Gasteiger partial charge >= 0.3 is 0 Å². The van der Waals surface area contributed by atoms with Crippen molar-refractivity contribution >= 4 is 10.0 Å². The molecular formula is C13H17N3O4S. The molecule has 0 atom stereocenters. The number of aliphatic hydroxyl groups excluding tert-OH is 1. The van der Waals surface area contributed by atoms with Crippen LogP contribution >= 0.6 is 0 Å². The van der Waals surface area contributed by atoms with Crippen LogP contribution in [0.2, 0.25) is 0 Å². The Balaban J connectivity index is 2.20. The third-order valence-corrected chi connectivity index (χ3v) is 4.90. The summed E-state index contributed by atoms with van der Waals surface area (Å²) in [7, 11) is -0.685. The van der Waals surface area contributed by atoms with Gasteiger partial charge in [0.2, 0.25) is 0 Å². The summed E-state index contributed by atoms with van der Waals surface area (Å²) < 4.78 is 31.1. The standard InChI is InChI=1S/C13H17N3O4S/c1-16(8-10-3-5-12(20-2)6-4-10)21(18,19)13-11(9-17)7-14-15-13/h3-7,17H,8-9H2,1-2H3,(H,14,15). The van der Waals surface area contributed by atoms with Gasteiger partial charge in [-0.2, -0.15) is 9.40 Å². The van der Waals surface area contributed by atoms with Crippen LogP contribution in [-0.4, -0.2) is 42.2 Å². The molecule has 21 heavy (non-hydrogen) atoms. The maximum Gasteiger partial charge on any atom is 0.260 e. The summed E-state index contributed by atoms with van der Waals surface area (Å²) in [6.07, 6.45) is 1.30. The molecule has 1 heterocycles. The zero-order chi connectivity index (χ0) is 15.5. The summed E-state index contributed by atoms with van der Waals surface area (Å²) in [6.45, 7) is -0.183. The number of H-pyrrole nitrogens is 1. The van der Waals surface area contributed by atoms with Gasteiger partial charge in [-0.05, 0) is 17.7 Å². The van der Waals surface area contributed by atoms with Crippen LogP contribution in [0.5, 0.6) is 5.75 Å². The number of hydrogen-bond acceptors (Lipinski definition) is 5. The third-order valence-electron chi connectivity index (χ3n) is 3.08. The zero-order valence-electron chi connectivity index (χ0n) is 11.8. The van der Waals surface area contributed by atoms with Crippen LogP contribution in [0.1, 0.15) is 11.1 Å². The van der Waals surface area contributed by atoms with E-state index in [-0.39, 0.29) is 23.7 Å². The minimum absolute atomic E-state index is 0.0824. The second-order valence-corrected chi connectivity index (χ2v) is 6.47. The zero-order valence-corrected chi connectivity index (χ0v) is 12.6. The maximum absolute atomic E-state index is 12.4. The minimum atomic E-state index is -3.73. The van der Waals surface area contributed by atoms with Crippen molar-refractivity contribution in [2.75, 3.05) is 14.2 Å². The van der Waals surface area contributed by atoms with Gasteiger partial charge in [-0.1, -0.05) is 12.1 Å². The van der Waals surface area contributed by atoms with E-state index < -0.39 is 10.0 Å². The number of benzene rings is 1. The molecule has 1 aromatic carbocycles. The lowest BCUT2D eigenvalue weighted by Gasteiger charge is -2.17. The van der Waals surface area contributed by atoms with Crippen LogP contribution in [0.3, 0.4) is 0 Å². The SMILES string of the molecule is COc1ccc(CN(C)S(=O)(=O)c2[nH]ncc2CO)cc1. The molecule has 1 aromatic heterocycles. The van der Waals surface area contributed by atoms with Crippen molar-refractivity contribution in [2.45, 2.75) is 18.2 Å². The first kappa shape index (κ1) is 15.5. The van der Waals surface area contributed by atoms with Crippen LogP contribution in [0.4, 0.5) is 0 Å². The highest BCUT2D eigenvalue weighted by atomic mass is 32.2. The van der Waals surface area contributed by atoms with E-state index in [1.54, 1.807) is 31.4 Å². The third kappa shape index (κ3) is 3.23. The van der Waals surface area contributed by atoms with Crippen LogP contribution in [0, 0.1) is 0 Å². The molecule has 0 unspecified atom stereocenters. The lowest BCUT2D eigenvalue weighted by atomic mass is 10.2. The Morgan fingerprint density at radius 2 is 2.00 bits per heavy atom. The number of nitrogens with zero attached hydrogens (tertiary/aromatic N) is 2. The Morgan fingerprint density at radius 3 is 2.57 bits per heavy atom. The van der Waals surface area contributed by atoms with E-state index >= 15 is 0 Å². The minimum Gasteiger partial charge on any atom is -0.497 e. The Morgan fingerprint density at radius 1 is 1.33 bits per heavy atom. The van der Waals surface area contributed by atoms with E-state index in [1.807, 2.05) is 0 Å². The van der Waals surface area contributed by atoms with E-state index in [2.05, 4.69) is 10.2 Å². The number of nitrogens with one attached hydrogen (secondary N) is 1. The van der Waals surface area contributed by atoms with Crippen LogP contribution in [0.15, 0.2) is 35.5 Å². The largest absolute Gasteiger partial charge is 0.497 e. The molecule has 0 aliphatic heterocycles. The Bertz CT molecular complexity index is 694. The van der Waals surface area contributed by atoms with Crippen LogP contribution in [0.25, 0.3) is 0 Å². The summed E-state index contributed by atoms with van der Waals surface area (Å²) in [5, 5.41) is 15.1. The highest BCUT2D eigenvalue weighted by molar-refractivity contribution is 7.89. The molecule has 2 N–H and O–H groups in total. The molecular weight excluding hydrogens is 294 g/mol. The van der Waals surface area contributed by atoms with Gasteiger partial charge in [0.1, 0.15) is 5.75 Å². The number of aromatic amines is 1. The van der Waals surface area contributed by atoms with E-state index in [9.17, 15) is 8.42 Å². The van der Waals surface area contributed by atoms with E-state index in [0.29, 0.717) is 5.75 Å². The van der Waals surface area contributed by atoms with E-state index in [1.165, 1.54) is 17.5 Å². The molecule has 8 heteroatoms. The molecule has 0 amide bonds. The highest BCUT2D eigenvalue weighted by Gasteiger charge is 2.25. The van der Waals surface area contributed by atoms with Gasteiger partial charge in [0, 0.05) is 19.2 Å². The molecule has 0 radical (unpaired) electrons. The molecule has 2 aromatic rings. The van der Waals surface area contributed by atoms with Gasteiger partial charge in [-0.25, -0.2) is 8.42 Å². The van der Waals surface area contributed by atoms with Crippen molar-refractivity contribution in [3.8, 4) is 5.75 Å². The average molecular weight is 311 g/mol. The fourth-order valence-electron chi connectivity index (χ4n) is 1.86. The molecule has 0 saturated carbocycles. The molecule has 2 rings (SSSR count). The Hall–Kier alpha value is -1.90. The number of methoxy groups -OCH3 is 1. The van der Waals surface area contributed by atoms with Gasteiger partial charge in [0.25, 0.3) is 10.0 Å². The lowest BCUT2D eigenvalue weighted by molar-refractivity contribution is 0.278. The first-order chi connectivity index (χ1) is 9.98. The fourth-order valence-corrected chi connectivity index (χ4v) is 3.11. The summed E-state index contributed by atoms with van der Waals surface area (Å²) in [5.41, 5.74) is 1.07. The molecule has 0 fully saturated rings. The smallest absolute Gasteiger partial charge is 0.260 e. The number of aliphatic hydroxyl groups is 1. The topological polar surface area (TPSA) is 95.5 Å². The number of sulfonamides is 1. The number of rotatable bonds is 6. The summed E-state index contributed by atoms with van der Waals surface area (Å²) >= 11 is 0. The van der Waals surface area contributed by atoms with Gasteiger partial charge < -0.3 is 9.84 Å². The summed E-state index contributed by atoms with van der Waals surface area (Å²) in [4.78, 5) is 0. The van der Waals surface area contributed by atoms with E-state index in [4.69, 9.17) is 9.84 Å². The van der Waals surface area contributed by atoms with Crippen molar-refractivity contribution < 1.29 is 18.3 Å². The average Bonchev–Trinajstić information content (AvgIpc) is 2.97. The normalized spacial score (nSPS) is 11.8. The Labute approximate surface area is 123 Å². The quantitative estimate of drug-likeness (QED) is 0.820. The van der Waals surface area contributed by atoms with Gasteiger partial charge in [0.15, 0.2) is 5.03 Å². The van der Waals surface area contributed by atoms with Crippen LogP contribution < -0.4 is 4.74 Å². The first-order valence-electron chi connectivity index (χ1n) is 6.21. The predicted octanol–water partition coefficient (Wildman–Crippen LogP) is 0.731. The second kappa shape index (κ2) is 6.25. The number of aromatic nitrogens is 2. The maximum atomic E-state index is 12.4. The summed E-state index contributed by atoms with van der Waals surface area (Å²) in [5.74, 6) is 0.709. The molecule has 7 nitrogen and oxygen atoms in total. The van der Waals surface area contributed by atoms with Crippen LogP contribution in [-0.2, 0) is 23.2 Å². The lowest BCUT2D eigenvalue weighted by Crippen LogP contribution is -2.27. The fraction of sp³-hybridized carbons (Fsp3) is 0.308. The molecule has 114 valence electrons. The second-order valence-electron chi connectivity index (χ2n) is 4.49. The molecule has 0 saturated heterocycles. The van der Waals surface area contributed by atoms with Crippen molar-refractivity contribution in [1.82, 2.24) is 14.5 Å². The Kier molecular flexibility index (Phi) is 4.61. The monoisotopic (exact) mass is 311 g/mol. The van der Waals surface area contributed by atoms with Crippen molar-refractivity contribution in [3.05, 3.63) is 41.6 Å². The molecule has 0 aliphatic carbocycles. The van der Waals surface area contributed by atoms with Crippen molar-refractivity contribution in [1.29, 1.82) is 0 Å². The highest BCUT2D eigenvalue weighted by Crippen LogP contribution is 2.19. The molecule has 0 spiro atoms. The summed E-state index contributed by atoms with van der Waals surface area (Å²) in [6, 6.07) is 7.13. The van der Waals surface area contributed by atoms with Crippen molar-refractivity contribution in [2.24, 2.45) is 0 Å². The number of ether oxygens (including phenoxy) is 1. The van der Waals surface area contributed by atoms with Gasteiger partial charge in [0.05, 0.1) is 19.9 Å². The predicted molar refractivity (Wildman–Crippen MR) is 76.2 cm³/mol. The first-order valence-corrected chi connectivity index (χ1v) is 7.65.